The standard InChI is InChI=1S/C20H27ClFN5O2/c1-12-7-23-27-5-4-16(24-18(12)27)25-19-9-20(10-19,11-19)26-17(28)8-29-13-2-3-14(21)15(22)6-13/h2-3,6,12,16,18,23-25H,4-5,7-11H2,1H3,(H,26,28). The normalized spacial score (nSPS) is 38.0. The Morgan fingerprint density at radius 2 is 2.17 bits per heavy atom. The van der Waals surface area contributed by atoms with Gasteiger partial charge in [0.05, 0.1) is 17.4 Å². The molecule has 2 aliphatic heterocycles. The van der Waals surface area contributed by atoms with Crippen molar-refractivity contribution < 1.29 is 13.9 Å². The van der Waals surface area contributed by atoms with Crippen LogP contribution in [-0.4, -0.2) is 54.0 Å². The highest BCUT2D eigenvalue weighted by Gasteiger charge is 2.69. The fourth-order valence-electron chi connectivity index (χ4n) is 5.41. The molecule has 0 radical (unpaired) electrons. The van der Waals surface area contributed by atoms with Crippen molar-refractivity contribution in [3.63, 3.8) is 0 Å². The van der Waals surface area contributed by atoms with Gasteiger partial charge in [-0.3, -0.25) is 20.9 Å². The molecule has 29 heavy (non-hydrogen) atoms. The summed E-state index contributed by atoms with van der Waals surface area (Å²) in [6, 6.07) is 4.16. The molecule has 0 aromatic heterocycles. The molecule has 2 saturated heterocycles. The van der Waals surface area contributed by atoms with Crippen LogP contribution in [0.3, 0.4) is 0 Å². The first-order valence-electron chi connectivity index (χ1n) is 10.3. The molecular weight excluding hydrogens is 397 g/mol. The lowest BCUT2D eigenvalue weighted by Crippen LogP contribution is -2.85. The minimum absolute atomic E-state index is 0.0345. The van der Waals surface area contributed by atoms with Gasteiger partial charge in [-0.2, -0.15) is 0 Å². The van der Waals surface area contributed by atoms with Gasteiger partial charge in [0.15, 0.2) is 6.61 Å². The summed E-state index contributed by atoms with van der Waals surface area (Å²) in [5, 5.41) is 13.0. The van der Waals surface area contributed by atoms with Crippen LogP contribution in [0.1, 0.15) is 32.6 Å². The van der Waals surface area contributed by atoms with Gasteiger partial charge >= 0.3 is 0 Å². The van der Waals surface area contributed by atoms with Crippen molar-refractivity contribution in [2.75, 3.05) is 19.7 Å². The van der Waals surface area contributed by atoms with Crippen molar-refractivity contribution >= 4 is 17.5 Å². The summed E-state index contributed by atoms with van der Waals surface area (Å²) in [6.45, 7) is 4.20. The second kappa shape index (κ2) is 7.06. The molecule has 4 N–H and O–H groups in total. The van der Waals surface area contributed by atoms with E-state index in [1.54, 1.807) is 6.07 Å². The molecule has 0 spiro atoms. The van der Waals surface area contributed by atoms with E-state index in [0.717, 1.165) is 38.8 Å². The highest BCUT2D eigenvalue weighted by Crippen LogP contribution is 2.60. The van der Waals surface area contributed by atoms with Crippen molar-refractivity contribution in [3.05, 3.63) is 29.0 Å². The molecule has 1 amide bonds. The molecular formula is C20H27ClFN5O2. The minimum atomic E-state index is -0.556. The van der Waals surface area contributed by atoms with Crippen molar-refractivity contribution in [1.29, 1.82) is 0 Å². The Labute approximate surface area is 174 Å². The fourth-order valence-corrected chi connectivity index (χ4v) is 5.53. The highest BCUT2D eigenvalue weighted by molar-refractivity contribution is 6.30. The number of hydrogen-bond donors (Lipinski definition) is 4. The summed E-state index contributed by atoms with van der Waals surface area (Å²) in [6.07, 6.45) is 4.60. The number of halogens is 2. The third-order valence-electron chi connectivity index (χ3n) is 6.70. The smallest absolute Gasteiger partial charge is 0.258 e. The number of carbonyl (C=O) groups is 1. The SMILES string of the molecule is CC1CNN2CCC(NC34CC(NC(=O)COc5ccc(Cl)c(F)c5)(C3)C4)NC12. The first-order chi connectivity index (χ1) is 13.9. The van der Waals surface area contributed by atoms with Crippen LogP contribution in [-0.2, 0) is 4.79 Å². The molecule has 158 valence electrons. The van der Waals surface area contributed by atoms with Crippen molar-refractivity contribution in [2.45, 2.75) is 56.0 Å². The molecule has 7 nitrogen and oxygen atoms in total. The van der Waals surface area contributed by atoms with E-state index in [2.05, 4.69) is 33.3 Å². The van der Waals surface area contributed by atoms with E-state index in [4.69, 9.17) is 16.3 Å². The van der Waals surface area contributed by atoms with E-state index in [0.29, 0.717) is 24.0 Å². The number of carbonyl (C=O) groups excluding carboxylic acids is 1. The summed E-state index contributed by atoms with van der Waals surface area (Å²) in [4.78, 5) is 12.3. The zero-order chi connectivity index (χ0) is 20.2. The average molecular weight is 424 g/mol. The third-order valence-corrected chi connectivity index (χ3v) is 7.00. The number of nitrogens with zero attached hydrogens (tertiary/aromatic N) is 1. The molecule has 3 saturated carbocycles. The quantitative estimate of drug-likeness (QED) is 0.553. The number of hydrazine groups is 1. The van der Waals surface area contributed by atoms with Crippen LogP contribution in [0.25, 0.3) is 0 Å². The van der Waals surface area contributed by atoms with Crippen LogP contribution >= 0.6 is 11.6 Å². The molecule has 3 aliphatic carbocycles. The molecule has 2 heterocycles. The highest BCUT2D eigenvalue weighted by atomic mass is 35.5. The van der Waals surface area contributed by atoms with Gasteiger partial charge in [-0.25, -0.2) is 9.40 Å². The number of nitrogens with one attached hydrogen (secondary N) is 4. The predicted octanol–water partition coefficient (Wildman–Crippen LogP) is 1.34. The maximum absolute atomic E-state index is 13.4. The second-order valence-corrected chi connectivity index (χ2v) is 9.54. The zero-order valence-corrected chi connectivity index (χ0v) is 17.2. The van der Waals surface area contributed by atoms with Crippen LogP contribution in [0.5, 0.6) is 5.75 Å². The van der Waals surface area contributed by atoms with Gasteiger partial charge in [0.1, 0.15) is 11.6 Å². The lowest BCUT2D eigenvalue weighted by molar-refractivity contribution is -0.146. The summed E-state index contributed by atoms with van der Waals surface area (Å²) >= 11 is 5.65. The van der Waals surface area contributed by atoms with Crippen molar-refractivity contribution in [3.8, 4) is 5.75 Å². The number of rotatable bonds is 6. The average Bonchev–Trinajstić information content (AvgIpc) is 3.00. The summed E-state index contributed by atoms with van der Waals surface area (Å²) in [5.74, 6) is 0.156. The fraction of sp³-hybridized carbons (Fsp3) is 0.650. The van der Waals surface area contributed by atoms with Crippen LogP contribution < -0.4 is 26.1 Å². The number of hydrogen-bond acceptors (Lipinski definition) is 6. The van der Waals surface area contributed by atoms with E-state index in [1.807, 2.05) is 0 Å². The van der Waals surface area contributed by atoms with Crippen LogP contribution in [0, 0.1) is 11.7 Å². The Balaban J connectivity index is 1.06. The third kappa shape index (κ3) is 3.61. The topological polar surface area (TPSA) is 77.7 Å². The number of ether oxygens (including phenoxy) is 1. The minimum Gasteiger partial charge on any atom is -0.484 e. The van der Waals surface area contributed by atoms with Gasteiger partial charge in [-0.15, -0.1) is 0 Å². The van der Waals surface area contributed by atoms with Crippen LogP contribution in [0.4, 0.5) is 4.39 Å². The maximum Gasteiger partial charge on any atom is 0.258 e. The summed E-state index contributed by atoms with van der Waals surface area (Å²) < 4.78 is 18.8. The monoisotopic (exact) mass is 423 g/mol. The largest absolute Gasteiger partial charge is 0.484 e. The molecule has 1 aromatic carbocycles. The Morgan fingerprint density at radius 1 is 1.38 bits per heavy atom. The first kappa shape index (κ1) is 19.5. The van der Waals surface area contributed by atoms with Crippen LogP contribution in [0.15, 0.2) is 18.2 Å². The lowest BCUT2D eigenvalue weighted by atomic mass is 9.44. The van der Waals surface area contributed by atoms with Gasteiger partial charge < -0.3 is 10.1 Å². The summed E-state index contributed by atoms with van der Waals surface area (Å²) in [7, 11) is 0. The maximum atomic E-state index is 13.4. The number of benzene rings is 1. The number of amides is 1. The Hall–Kier alpha value is -1.45. The Bertz CT molecular complexity index is 804. The second-order valence-electron chi connectivity index (χ2n) is 9.13. The van der Waals surface area contributed by atoms with Crippen LogP contribution in [0.2, 0.25) is 5.02 Å². The molecule has 5 fully saturated rings. The van der Waals surface area contributed by atoms with Gasteiger partial charge in [0, 0.05) is 30.2 Å². The zero-order valence-electron chi connectivity index (χ0n) is 16.4. The lowest BCUT2D eigenvalue weighted by Gasteiger charge is -2.71. The van der Waals surface area contributed by atoms with E-state index in [-0.39, 0.29) is 28.6 Å². The van der Waals surface area contributed by atoms with Gasteiger partial charge in [-0.05, 0) is 43.7 Å². The predicted molar refractivity (Wildman–Crippen MR) is 107 cm³/mol. The van der Waals surface area contributed by atoms with E-state index in [1.165, 1.54) is 12.1 Å². The molecule has 3 unspecified atom stereocenters. The van der Waals surface area contributed by atoms with Crippen molar-refractivity contribution in [2.24, 2.45) is 5.92 Å². The molecule has 1 aromatic rings. The van der Waals surface area contributed by atoms with E-state index >= 15 is 0 Å². The van der Waals surface area contributed by atoms with Gasteiger partial charge in [-0.1, -0.05) is 18.5 Å². The molecule has 3 atom stereocenters. The number of fused-ring (bicyclic) bond motifs is 1. The molecule has 2 bridgehead atoms. The molecule has 5 aliphatic rings. The van der Waals surface area contributed by atoms with E-state index in [9.17, 15) is 9.18 Å². The summed E-state index contributed by atoms with van der Waals surface area (Å²) in [5.41, 5.74) is 3.47. The van der Waals surface area contributed by atoms with Gasteiger partial charge in [0.25, 0.3) is 5.91 Å². The molecule has 6 rings (SSSR count). The van der Waals surface area contributed by atoms with Crippen molar-refractivity contribution in [1.82, 2.24) is 26.4 Å². The van der Waals surface area contributed by atoms with Gasteiger partial charge in [0.2, 0.25) is 0 Å². The van der Waals surface area contributed by atoms with E-state index < -0.39 is 5.82 Å². The molecule has 9 heteroatoms. The Kier molecular flexibility index (Phi) is 4.75. The Morgan fingerprint density at radius 3 is 2.93 bits per heavy atom. The first-order valence-corrected chi connectivity index (χ1v) is 10.7.